The number of ether oxygens (including phenoxy) is 1. The van der Waals surface area contributed by atoms with Gasteiger partial charge in [0.25, 0.3) is 0 Å². The molecule has 2 N–H and O–H groups in total. The van der Waals surface area contributed by atoms with E-state index in [4.69, 9.17) is 4.74 Å². The van der Waals surface area contributed by atoms with E-state index in [2.05, 4.69) is 4.90 Å². The number of aromatic hydroxyl groups is 1. The summed E-state index contributed by atoms with van der Waals surface area (Å²) >= 11 is 0. The van der Waals surface area contributed by atoms with Crippen LogP contribution in [0.2, 0.25) is 0 Å². The lowest BCUT2D eigenvalue weighted by Gasteiger charge is -2.36. The number of hydrogen-bond acceptors (Lipinski definition) is 7. The van der Waals surface area contributed by atoms with E-state index in [0.717, 1.165) is 18.9 Å². The third-order valence-corrected chi connectivity index (χ3v) is 6.88. The third-order valence-electron chi connectivity index (χ3n) is 6.88. The van der Waals surface area contributed by atoms with Gasteiger partial charge in [0, 0.05) is 55.9 Å². The van der Waals surface area contributed by atoms with Crippen molar-refractivity contribution in [3.63, 3.8) is 0 Å². The molecule has 0 atom stereocenters. The highest BCUT2D eigenvalue weighted by atomic mass is 19.1. The molecule has 2 aliphatic rings. The van der Waals surface area contributed by atoms with Gasteiger partial charge in [-0.2, -0.15) is 0 Å². The van der Waals surface area contributed by atoms with Gasteiger partial charge in [-0.15, -0.1) is 0 Å². The molecule has 1 aliphatic carbocycles. The van der Waals surface area contributed by atoms with Crippen LogP contribution in [0.1, 0.15) is 45.2 Å². The van der Waals surface area contributed by atoms with Crippen molar-refractivity contribution in [2.75, 3.05) is 38.2 Å². The zero-order chi connectivity index (χ0) is 25.6. The Hall–Kier alpha value is -3.92. The van der Waals surface area contributed by atoms with Gasteiger partial charge in [-0.1, -0.05) is 0 Å². The van der Waals surface area contributed by atoms with Crippen molar-refractivity contribution in [3.8, 4) is 5.75 Å². The van der Waals surface area contributed by atoms with Crippen LogP contribution < -0.4 is 10.3 Å². The maximum atomic E-state index is 15.2. The molecule has 188 valence electrons. The predicted octanol–water partition coefficient (Wildman–Crippen LogP) is 2.99. The fourth-order valence-electron chi connectivity index (χ4n) is 4.75. The monoisotopic (exact) mass is 495 g/mol. The largest absolute Gasteiger partial charge is 0.508 e. The Labute approximate surface area is 205 Å². The summed E-state index contributed by atoms with van der Waals surface area (Å²) in [5, 5.41) is 19.7. The van der Waals surface area contributed by atoms with E-state index >= 15 is 4.39 Å². The summed E-state index contributed by atoms with van der Waals surface area (Å²) in [5.41, 5.74) is 0.833. The van der Waals surface area contributed by atoms with Gasteiger partial charge in [0.2, 0.25) is 5.43 Å². The minimum Gasteiger partial charge on any atom is -0.508 e. The van der Waals surface area contributed by atoms with Gasteiger partial charge in [-0.3, -0.25) is 9.69 Å². The van der Waals surface area contributed by atoms with E-state index in [1.54, 1.807) is 16.7 Å². The Balaban J connectivity index is 1.38. The molecule has 2 heterocycles. The molecule has 10 heteroatoms. The smallest absolute Gasteiger partial charge is 0.341 e. The number of benzene rings is 2. The van der Waals surface area contributed by atoms with Crippen molar-refractivity contribution in [2.24, 2.45) is 0 Å². The number of esters is 1. The molecule has 0 bridgehead atoms. The Morgan fingerprint density at radius 3 is 2.47 bits per heavy atom. The van der Waals surface area contributed by atoms with Crippen LogP contribution in [0.15, 0.2) is 41.3 Å². The molecule has 0 amide bonds. The topological polar surface area (TPSA) is 112 Å². The minimum atomic E-state index is -1.32. The van der Waals surface area contributed by atoms with Crippen molar-refractivity contribution in [3.05, 3.63) is 69.3 Å². The summed E-state index contributed by atoms with van der Waals surface area (Å²) in [6.45, 7) is 2.63. The second-order valence-corrected chi connectivity index (χ2v) is 9.23. The zero-order valence-corrected chi connectivity index (χ0v) is 19.7. The van der Waals surface area contributed by atoms with Crippen LogP contribution in [0.5, 0.6) is 5.75 Å². The maximum absolute atomic E-state index is 15.2. The van der Waals surface area contributed by atoms with Crippen LogP contribution in [-0.2, 0) is 11.3 Å². The number of methoxy groups -OCH3 is 1. The second kappa shape index (κ2) is 9.27. The number of hydrogen-bond donors (Lipinski definition) is 2. The lowest BCUT2D eigenvalue weighted by atomic mass is 10.1. The number of anilines is 1. The SMILES string of the molecule is COC(=O)c1ccc(O)c(CN2CCN(c3cc4c(cc3F)c(=O)c(C(=O)O)cn4C3CC3)CC2)c1. The third kappa shape index (κ3) is 4.39. The van der Waals surface area contributed by atoms with Gasteiger partial charge in [0.05, 0.1) is 23.9 Å². The van der Waals surface area contributed by atoms with E-state index in [1.165, 1.54) is 25.4 Å². The Bertz CT molecular complexity index is 1420. The van der Waals surface area contributed by atoms with Crippen LogP contribution in [0.3, 0.4) is 0 Å². The number of phenols is 1. The van der Waals surface area contributed by atoms with Crippen molar-refractivity contribution < 1.29 is 28.9 Å². The molecular formula is C26H26FN3O6. The molecule has 3 aromatic rings. The molecule has 0 radical (unpaired) electrons. The first kappa shape index (κ1) is 23.8. The van der Waals surface area contributed by atoms with E-state index < -0.39 is 23.2 Å². The van der Waals surface area contributed by atoms with Crippen LogP contribution in [0, 0.1) is 5.82 Å². The summed E-state index contributed by atoms with van der Waals surface area (Å²) in [4.78, 5) is 40.1. The number of carboxylic acids is 1. The number of rotatable bonds is 6. The van der Waals surface area contributed by atoms with E-state index in [0.29, 0.717) is 55.1 Å². The fraction of sp³-hybridized carbons (Fsp3) is 0.346. The normalized spacial score (nSPS) is 16.3. The fourth-order valence-corrected chi connectivity index (χ4v) is 4.75. The van der Waals surface area contributed by atoms with Crippen molar-refractivity contribution in [1.29, 1.82) is 0 Å². The molecule has 1 aliphatic heterocycles. The summed E-state index contributed by atoms with van der Waals surface area (Å²) in [5.74, 6) is -2.28. The molecule has 9 nitrogen and oxygen atoms in total. The molecule has 0 unspecified atom stereocenters. The van der Waals surface area contributed by atoms with Crippen molar-refractivity contribution >= 4 is 28.5 Å². The van der Waals surface area contributed by atoms with Gasteiger partial charge in [0.15, 0.2) is 0 Å². The number of aromatic carboxylic acids is 1. The highest BCUT2D eigenvalue weighted by molar-refractivity contribution is 5.93. The average Bonchev–Trinajstić information content (AvgIpc) is 3.71. The van der Waals surface area contributed by atoms with Crippen LogP contribution >= 0.6 is 0 Å². The lowest BCUT2D eigenvalue weighted by Crippen LogP contribution is -2.46. The number of piperazine rings is 1. The van der Waals surface area contributed by atoms with E-state index in [1.807, 2.05) is 4.90 Å². The number of phenolic OH excluding ortho intramolecular Hbond substituents is 1. The van der Waals surface area contributed by atoms with Gasteiger partial charge >= 0.3 is 11.9 Å². The number of carboxylic acid groups (broad SMARTS) is 1. The molecule has 36 heavy (non-hydrogen) atoms. The molecule has 0 spiro atoms. The van der Waals surface area contributed by atoms with E-state index in [9.17, 15) is 24.6 Å². The van der Waals surface area contributed by atoms with E-state index in [-0.39, 0.29) is 22.7 Å². The Kier molecular flexibility index (Phi) is 6.13. The average molecular weight is 496 g/mol. The Morgan fingerprint density at radius 2 is 1.83 bits per heavy atom. The lowest BCUT2D eigenvalue weighted by molar-refractivity contribution is 0.0599. The number of pyridine rings is 1. The quantitative estimate of drug-likeness (QED) is 0.502. The molecule has 5 rings (SSSR count). The maximum Gasteiger partial charge on any atom is 0.341 e. The predicted molar refractivity (Wildman–Crippen MR) is 130 cm³/mol. The zero-order valence-electron chi connectivity index (χ0n) is 19.7. The van der Waals surface area contributed by atoms with Crippen LogP contribution in [0.4, 0.5) is 10.1 Å². The van der Waals surface area contributed by atoms with Gasteiger partial charge in [-0.05, 0) is 43.2 Å². The highest BCUT2D eigenvalue weighted by Crippen LogP contribution is 2.38. The number of nitrogens with zero attached hydrogens (tertiary/aromatic N) is 3. The number of fused-ring (bicyclic) bond motifs is 1. The first-order valence-electron chi connectivity index (χ1n) is 11.8. The first-order valence-corrected chi connectivity index (χ1v) is 11.8. The number of halogens is 1. The summed E-state index contributed by atoms with van der Waals surface area (Å²) < 4.78 is 21.7. The standard InChI is InChI=1S/C26H26FN3O6/c1-36-26(35)15-2-5-23(31)16(10-15)13-28-6-8-29(9-7-28)22-12-21-18(11-20(22)27)24(32)19(25(33)34)14-30(21)17-3-4-17/h2,5,10-12,14,17,31H,3-4,6-9,13H2,1H3,(H,33,34). The summed E-state index contributed by atoms with van der Waals surface area (Å²) in [7, 11) is 1.30. The van der Waals surface area contributed by atoms with Gasteiger partial charge < -0.3 is 24.4 Å². The second-order valence-electron chi connectivity index (χ2n) is 9.23. The molecule has 1 aromatic heterocycles. The molecule has 1 saturated carbocycles. The van der Waals surface area contributed by atoms with Crippen LogP contribution in [-0.4, -0.2) is 64.9 Å². The number of aromatic nitrogens is 1. The van der Waals surface area contributed by atoms with Gasteiger partial charge in [0.1, 0.15) is 17.1 Å². The van der Waals surface area contributed by atoms with Crippen molar-refractivity contribution in [2.45, 2.75) is 25.4 Å². The number of carbonyl (C=O) groups is 2. The molecule has 1 saturated heterocycles. The summed E-state index contributed by atoms with van der Waals surface area (Å²) in [6, 6.07) is 7.50. The summed E-state index contributed by atoms with van der Waals surface area (Å²) in [6.07, 6.45) is 3.14. The highest BCUT2D eigenvalue weighted by Gasteiger charge is 2.28. The van der Waals surface area contributed by atoms with Crippen molar-refractivity contribution in [1.82, 2.24) is 9.47 Å². The number of carbonyl (C=O) groups excluding carboxylic acids is 1. The molecule has 2 aromatic carbocycles. The minimum absolute atomic E-state index is 0.0719. The molecule has 2 fully saturated rings. The van der Waals surface area contributed by atoms with Crippen LogP contribution in [0.25, 0.3) is 10.9 Å². The van der Waals surface area contributed by atoms with Gasteiger partial charge in [-0.25, -0.2) is 14.0 Å². The Morgan fingerprint density at radius 1 is 1.11 bits per heavy atom. The molecular weight excluding hydrogens is 469 g/mol. The first-order chi connectivity index (χ1) is 17.3.